The Kier molecular flexibility index (Phi) is 3.38. The number of nitrogen functional groups attached to an aromatic ring is 1. The molecule has 0 saturated carbocycles. The van der Waals surface area contributed by atoms with Crippen LogP contribution in [0.25, 0.3) is 11.4 Å². The first-order valence-corrected chi connectivity index (χ1v) is 7.56. The summed E-state index contributed by atoms with van der Waals surface area (Å²) in [5, 5.41) is 0. The normalized spacial score (nSPS) is 11.6. The topological polar surface area (TPSA) is 78.0 Å². The molecule has 0 fully saturated rings. The lowest BCUT2D eigenvalue weighted by atomic mass is 10.2. The monoisotopic (exact) mass is 265 g/mol. The van der Waals surface area contributed by atoms with Crippen LogP contribution >= 0.6 is 0 Å². The molecule has 5 nitrogen and oxygen atoms in total. The van der Waals surface area contributed by atoms with Crippen molar-refractivity contribution in [3.63, 3.8) is 0 Å². The molecule has 18 heavy (non-hydrogen) atoms. The lowest BCUT2D eigenvalue weighted by molar-refractivity contribution is 0.595. The Hall–Kier alpha value is -1.82. The first-order chi connectivity index (χ1) is 8.46. The molecule has 0 aliphatic rings. The number of hydrogen-bond donors (Lipinski definition) is 1. The molecule has 1 aromatic carbocycles. The second-order valence-electron chi connectivity index (χ2n) is 4.20. The van der Waals surface area contributed by atoms with Gasteiger partial charge in [-0.05, 0) is 24.3 Å². The minimum absolute atomic E-state index is 0.103. The summed E-state index contributed by atoms with van der Waals surface area (Å²) in [4.78, 5) is 4.24. The van der Waals surface area contributed by atoms with E-state index in [-0.39, 0.29) is 5.75 Å². The molecule has 1 heterocycles. The summed E-state index contributed by atoms with van der Waals surface area (Å²) < 4.78 is 24.2. The summed E-state index contributed by atoms with van der Waals surface area (Å²) in [6.07, 6.45) is 4.66. The van der Waals surface area contributed by atoms with Gasteiger partial charge in [-0.25, -0.2) is 13.4 Å². The van der Waals surface area contributed by atoms with Crippen molar-refractivity contribution in [3.05, 3.63) is 36.7 Å². The van der Waals surface area contributed by atoms with E-state index in [2.05, 4.69) is 4.98 Å². The molecule has 0 radical (unpaired) electrons. The van der Waals surface area contributed by atoms with Crippen molar-refractivity contribution < 1.29 is 8.42 Å². The number of imidazole rings is 1. The first kappa shape index (κ1) is 12.6. The van der Waals surface area contributed by atoms with Gasteiger partial charge in [0.05, 0.1) is 5.75 Å². The quantitative estimate of drug-likeness (QED) is 0.842. The van der Waals surface area contributed by atoms with Crippen LogP contribution < -0.4 is 5.73 Å². The van der Waals surface area contributed by atoms with Gasteiger partial charge in [-0.1, -0.05) is 0 Å². The highest BCUT2D eigenvalue weighted by atomic mass is 32.2. The fraction of sp³-hybridized carbons (Fsp3) is 0.250. The number of nitrogens with zero attached hydrogens (tertiary/aromatic N) is 2. The molecule has 2 N–H and O–H groups in total. The third kappa shape index (κ3) is 3.10. The van der Waals surface area contributed by atoms with Gasteiger partial charge < -0.3 is 10.3 Å². The maximum absolute atomic E-state index is 11.2. The molecule has 0 atom stereocenters. The van der Waals surface area contributed by atoms with Crippen molar-refractivity contribution in [2.75, 3.05) is 17.7 Å². The Balaban J connectivity index is 2.25. The molecule has 6 heteroatoms. The predicted molar refractivity (Wildman–Crippen MR) is 71.8 cm³/mol. The molecule has 0 aliphatic carbocycles. The smallest absolute Gasteiger partial charge is 0.149 e. The number of hydrogen-bond acceptors (Lipinski definition) is 4. The first-order valence-electron chi connectivity index (χ1n) is 5.50. The van der Waals surface area contributed by atoms with Gasteiger partial charge in [-0.3, -0.25) is 0 Å². The van der Waals surface area contributed by atoms with E-state index in [4.69, 9.17) is 5.73 Å². The van der Waals surface area contributed by atoms with Crippen LogP contribution in [-0.4, -0.2) is 30.0 Å². The van der Waals surface area contributed by atoms with Crippen LogP contribution in [0.2, 0.25) is 0 Å². The number of aromatic nitrogens is 2. The molecule has 0 bridgehead atoms. The van der Waals surface area contributed by atoms with Gasteiger partial charge in [-0.15, -0.1) is 0 Å². The van der Waals surface area contributed by atoms with Crippen LogP contribution in [0.3, 0.4) is 0 Å². The summed E-state index contributed by atoms with van der Waals surface area (Å²) in [5.74, 6) is 0.851. The molecule has 2 rings (SSSR count). The van der Waals surface area contributed by atoms with Gasteiger partial charge >= 0.3 is 0 Å². The fourth-order valence-corrected chi connectivity index (χ4v) is 2.17. The zero-order valence-corrected chi connectivity index (χ0v) is 10.9. The Bertz CT molecular complexity index is 630. The molecule has 0 spiro atoms. The third-order valence-electron chi connectivity index (χ3n) is 2.59. The molecule has 0 saturated heterocycles. The minimum Gasteiger partial charge on any atom is -0.399 e. The zero-order valence-electron chi connectivity index (χ0n) is 10.1. The van der Waals surface area contributed by atoms with Crippen molar-refractivity contribution in [3.8, 4) is 11.4 Å². The van der Waals surface area contributed by atoms with Gasteiger partial charge in [-0.2, -0.15) is 0 Å². The molecule has 0 aliphatic heterocycles. The van der Waals surface area contributed by atoms with Gasteiger partial charge in [0.1, 0.15) is 15.7 Å². The summed E-state index contributed by atoms with van der Waals surface area (Å²) in [6.45, 7) is 0.401. The number of sulfone groups is 1. The van der Waals surface area contributed by atoms with E-state index in [1.165, 1.54) is 6.26 Å². The number of rotatable bonds is 4. The Labute approximate surface area is 106 Å². The summed E-state index contributed by atoms with van der Waals surface area (Å²) in [6, 6.07) is 7.33. The number of aryl methyl sites for hydroxylation is 1. The highest BCUT2D eigenvalue weighted by molar-refractivity contribution is 7.90. The Morgan fingerprint density at radius 3 is 2.56 bits per heavy atom. The lowest BCUT2D eigenvalue weighted by Crippen LogP contribution is -2.11. The lowest BCUT2D eigenvalue weighted by Gasteiger charge is -2.07. The average Bonchev–Trinajstić information content (AvgIpc) is 2.75. The van der Waals surface area contributed by atoms with E-state index in [1.54, 1.807) is 24.5 Å². The van der Waals surface area contributed by atoms with Crippen LogP contribution in [0.5, 0.6) is 0 Å². The highest BCUT2D eigenvalue weighted by Gasteiger charge is 2.08. The van der Waals surface area contributed by atoms with E-state index in [0.29, 0.717) is 12.2 Å². The predicted octanol–water partition coefficient (Wildman–Crippen LogP) is 1.18. The zero-order chi connectivity index (χ0) is 13.2. The summed E-state index contributed by atoms with van der Waals surface area (Å²) in [7, 11) is -2.97. The van der Waals surface area contributed by atoms with Crippen molar-refractivity contribution >= 4 is 15.5 Å². The van der Waals surface area contributed by atoms with E-state index >= 15 is 0 Å². The van der Waals surface area contributed by atoms with Crippen LogP contribution in [0, 0.1) is 0 Å². The standard InChI is InChI=1S/C12H15N3O2S/c1-18(16,17)9-8-15-7-6-14-12(15)10-2-4-11(13)5-3-10/h2-7H,8-9,13H2,1H3. The molecule has 2 aromatic rings. The van der Waals surface area contributed by atoms with Gasteiger partial charge in [0.15, 0.2) is 0 Å². The number of anilines is 1. The van der Waals surface area contributed by atoms with Crippen molar-refractivity contribution in [2.45, 2.75) is 6.54 Å². The molecule has 0 unspecified atom stereocenters. The van der Waals surface area contributed by atoms with Gasteiger partial charge in [0, 0.05) is 36.4 Å². The number of benzene rings is 1. The second kappa shape index (κ2) is 4.81. The third-order valence-corrected chi connectivity index (χ3v) is 3.51. The minimum atomic E-state index is -2.97. The maximum atomic E-state index is 11.2. The second-order valence-corrected chi connectivity index (χ2v) is 6.46. The van der Waals surface area contributed by atoms with Crippen molar-refractivity contribution in [2.24, 2.45) is 0 Å². The van der Waals surface area contributed by atoms with E-state index in [0.717, 1.165) is 11.4 Å². The van der Waals surface area contributed by atoms with E-state index in [1.807, 2.05) is 16.7 Å². The Morgan fingerprint density at radius 2 is 1.94 bits per heavy atom. The average molecular weight is 265 g/mol. The summed E-state index contributed by atoms with van der Waals surface area (Å²) >= 11 is 0. The van der Waals surface area contributed by atoms with E-state index < -0.39 is 9.84 Å². The molecular weight excluding hydrogens is 250 g/mol. The molecule has 0 amide bonds. The highest BCUT2D eigenvalue weighted by Crippen LogP contribution is 2.18. The fourth-order valence-electron chi connectivity index (χ4n) is 1.65. The van der Waals surface area contributed by atoms with Gasteiger partial charge in [0.2, 0.25) is 0 Å². The van der Waals surface area contributed by atoms with Crippen molar-refractivity contribution in [1.82, 2.24) is 9.55 Å². The number of nitrogens with two attached hydrogens (primary N) is 1. The van der Waals surface area contributed by atoms with Crippen molar-refractivity contribution in [1.29, 1.82) is 0 Å². The molecule has 96 valence electrons. The van der Waals surface area contributed by atoms with Crippen LogP contribution in [0.4, 0.5) is 5.69 Å². The van der Waals surface area contributed by atoms with Crippen LogP contribution in [0.1, 0.15) is 0 Å². The van der Waals surface area contributed by atoms with E-state index in [9.17, 15) is 8.42 Å². The Morgan fingerprint density at radius 1 is 1.28 bits per heavy atom. The maximum Gasteiger partial charge on any atom is 0.149 e. The van der Waals surface area contributed by atoms with Crippen LogP contribution in [0.15, 0.2) is 36.7 Å². The largest absolute Gasteiger partial charge is 0.399 e. The van der Waals surface area contributed by atoms with Gasteiger partial charge in [0.25, 0.3) is 0 Å². The molecular formula is C12H15N3O2S. The van der Waals surface area contributed by atoms with Crippen LogP contribution in [-0.2, 0) is 16.4 Å². The SMILES string of the molecule is CS(=O)(=O)CCn1ccnc1-c1ccc(N)cc1. The summed E-state index contributed by atoms with van der Waals surface area (Å²) in [5.41, 5.74) is 7.23. The molecule has 1 aromatic heterocycles.